The number of likely N-dealkylation sites (tertiary alicyclic amines) is 1. The monoisotopic (exact) mass is 484 g/mol. The highest BCUT2D eigenvalue weighted by Crippen LogP contribution is 2.40. The molecule has 7 nitrogen and oxygen atoms in total. The van der Waals surface area contributed by atoms with Crippen molar-refractivity contribution in [2.75, 3.05) is 52.2 Å². The first-order chi connectivity index (χ1) is 16.7. The van der Waals surface area contributed by atoms with E-state index in [2.05, 4.69) is 27.8 Å². The first-order valence-corrected chi connectivity index (χ1v) is 14.0. The van der Waals surface area contributed by atoms with Crippen LogP contribution in [0.15, 0.2) is 6.07 Å². The highest BCUT2D eigenvalue weighted by atomic mass is 32.1. The first-order valence-electron chi connectivity index (χ1n) is 13.2. The molecular weight excluding hydrogens is 444 g/mol. The standard InChI is InChI=1S/C26H40N6OS/c1-3-4-5-22-30-23-24(32(22)17-18-8-12-31(13-9-18)14-15-33-2)25-20(29-26(23)27)16-21(34-25)19-6-10-28-11-7-19/h16,18-19,28H,3-15,17H2,1-2H3,(H2,27,29). The van der Waals surface area contributed by atoms with Crippen LogP contribution in [0.4, 0.5) is 5.82 Å². The Morgan fingerprint density at radius 1 is 1.18 bits per heavy atom. The number of nitrogens with one attached hydrogen (secondary N) is 1. The lowest BCUT2D eigenvalue weighted by molar-refractivity contribution is 0.116. The second-order valence-electron chi connectivity index (χ2n) is 10.1. The summed E-state index contributed by atoms with van der Waals surface area (Å²) in [6, 6.07) is 2.31. The van der Waals surface area contributed by atoms with Gasteiger partial charge in [0.05, 0.1) is 22.3 Å². The van der Waals surface area contributed by atoms with E-state index < -0.39 is 0 Å². The molecule has 0 amide bonds. The molecule has 34 heavy (non-hydrogen) atoms. The maximum Gasteiger partial charge on any atom is 0.152 e. The number of nitrogen functional groups attached to an aromatic ring is 1. The summed E-state index contributed by atoms with van der Waals surface area (Å²) in [5, 5.41) is 3.49. The second-order valence-corrected chi connectivity index (χ2v) is 11.2. The van der Waals surface area contributed by atoms with Gasteiger partial charge in [-0.25, -0.2) is 9.97 Å². The topological polar surface area (TPSA) is 81.2 Å². The van der Waals surface area contributed by atoms with Crippen molar-refractivity contribution in [2.24, 2.45) is 5.92 Å². The van der Waals surface area contributed by atoms with Gasteiger partial charge >= 0.3 is 0 Å². The minimum Gasteiger partial charge on any atom is -0.383 e. The van der Waals surface area contributed by atoms with Crippen LogP contribution in [0.3, 0.4) is 0 Å². The van der Waals surface area contributed by atoms with Crippen LogP contribution in [-0.4, -0.2) is 65.9 Å². The first kappa shape index (κ1) is 24.0. The SMILES string of the molecule is CCCCc1nc2c(N)nc3cc(C4CCNCC4)sc3c2n1CC1CCN(CCOC)CC1. The highest BCUT2D eigenvalue weighted by Gasteiger charge is 2.25. The molecule has 0 unspecified atom stereocenters. The molecule has 5 heterocycles. The van der Waals surface area contributed by atoms with Crippen molar-refractivity contribution in [2.45, 2.75) is 64.3 Å². The largest absolute Gasteiger partial charge is 0.383 e. The molecule has 0 radical (unpaired) electrons. The average Bonchev–Trinajstić information content (AvgIpc) is 3.45. The summed E-state index contributed by atoms with van der Waals surface area (Å²) in [4.78, 5) is 13.9. The molecule has 2 fully saturated rings. The van der Waals surface area contributed by atoms with E-state index in [0.29, 0.717) is 17.7 Å². The highest BCUT2D eigenvalue weighted by molar-refractivity contribution is 7.20. The molecular formula is C26H40N6OS. The summed E-state index contributed by atoms with van der Waals surface area (Å²) in [5.41, 5.74) is 9.71. The minimum atomic E-state index is 0.586. The van der Waals surface area contributed by atoms with Crippen LogP contribution in [0.1, 0.15) is 62.1 Å². The number of piperidine rings is 2. The van der Waals surface area contributed by atoms with Gasteiger partial charge in [0, 0.05) is 31.5 Å². The van der Waals surface area contributed by atoms with Crippen LogP contribution in [0, 0.1) is 5.92 Å². The molecule has 2 saturated heterocycles. The fourth-order valence-electron chi connectivity index (χ4n) is 5.64. The summed E-state index contributed by atoms with van der Waals surface area (Å²) < 4.78 is 9.10. The maximum absolute atomic E-state index is 6.51. The van der Waals surface area contributed by atoms with E-state index in [1.54, 1.807) is 7.11 Å². The molecule has 0 aliphatic carbocycles. The Kier molecular flexibility index (Phi) is 7.68. The number of thiophene rings is 1. The molecule has 5 rings (SSSR count). The van der Waals surface area contributed by atoms with Crippen LogP contribution in [0.25, 0.3) is 21.3 Å². The third-order valence-electron chi connectivity index (χ3n) is 7.73. The van der Waals surface area contributed by atoms with Crippen molar-refractivity contribution in [1.82, 2.24) is 24.8 Å². The normalized spacial score (nSPS) is 19.0. The van der Waals surface area contributed by atoms with Crippen LogP contribution >= 0.6 is 11.3 Å². The van der Waals surface area contributed by atoms with Crippen molar-refractivity contribution in [3.8, 4) is 0 Å². The molecule has 2 aliphatic rings. The summed E-state index contributed by atoms with van der Waals surface area (Å²) in [6.07, 6.45) is 8.19. The summed E-state index contributed by atoms with van der Waals surface area (Å²) in [7, 11) is 1.79. The van der Waals surface area contributed by atoms with Crippen molar-refractivity contribution in [3.05, 3.63) is 16.8 Å². The van der Waals surface area contributed by atoms with E-state index in [1.165, 1.54) is 53.0 Å². The Labute approximate surface area is 207 Å². The Morgan fingerprint density at radius 3 is 2.71 bits per heavy atom. The van der Waals surface area contributed by atoms with E-state index in [1.807, 2.05) is 11.3 Å². The number of aryl methyl sites for hydroxylation is 1. The van der Waals surface area contributed by atoms with Gasteiger partial charge in [-0.1, -0.05) is 13.3 Å². The lowest BCUT2D eigenvalue weighted by Crippen LogP contribution is -2.37. The predicted octanol–water partition coefficient (Wildman–Crippen LogP) is 4.40. The predicted molar refractivity (Wildman–Crippen MR) is 142 cm³/mol. The number of nitrogens with zero attached hydrogens (tertiary/aromatic N) is 4. The number of nitrogens with two attached hydrogens (primary N) is 1. The van der Waals surface area contributed by atoms with Gasteiger partial charge in [-0.3, -0.25) is 0 Å². The molecule has 186 valence electrons. The van der Waals surface area contributed by atoms with E-state index in [4.69, 9.17) is 20.4 Å². The maximum atomic E-state index is 6.51. The molecule has 0 aromatic carbocycles. The number of ether oxygens (including phenoxy) is 1. The fourth-order valence-corrected chi connectivity index (χ4v) is 6.97. The molecule has 0 atom stereocenters. The molecule has 8 heteroatoms. The smallest absolute Gasteiger partial charge is 0.152 e. The summed E-state index contributed by atoms with van der Waals surface area (Å²) >= 11 is 1.94. The number of rotatable bonds is 9. The molecule has 0 spiro atoms. The lowest BCUT2D eigenvalue weighted by atomic mass is 9.96. The molecule has 3 N–H and O–H groups in total. The Hall–Kier alpha value is -1.74. The van der Waals surface area contributed by atoms with Crippen molar-refractivity contribution >= 4 is 38.4 Å². The molecule has 3 aromatic rings. The van der Waals surface area contributed by atoms with Gasteiger partial charge in [-0.15, -0.1) is 11.3 Å². The summed E-state index contributed by atoms with van der Waals surface area (Å²) in [6.45, 7) is 9.66. The number of fused-ring (bicyclic) bond motifs is 3. The average molecular weight is 485 g/mol. The van der Waals surface area contributed by atoms with Gasteiger partial charge in [0.1, 0.15) is 11.3 Å². The number of imidazole rings is 1. The van der Waals surface area contributed by atoms with Crippen molar-refractivity contribution in [1.29, 1.82) is 0 Å². The minimum absolute atomic E-state index is 0.586. The van der Waals surface area contributed by atoms with Gasteiger partial charge in [-0.2, -0.15) is 0 Å². The van der Waals surface area contributed by atoms with E-state index in [-0.39, 0.29) is 0 Å². The number of anilines is 1. The summed E-state index contributed by atoms with van der Waals surface area (Å²) in [5.74, 6) is 3.08. The van der Waals surface area contributed by atoms with E-state index in [0.717, 1.165) is 69.8 Å². The Morgan fingerprint density at radius 2 is 1.97 bits per heavy atom. The van der Waals surface area contributed by atoms with Crippen LogP contribution in [0.2, 0.25) is 0 Å². The molecule has 3 aromatic heterocycles. The number of pyridine rings is 1. The quantitative estimate of drug-likeness (QED) is 0.469. The number of hydrogen-bond acceptors (Lipinski definition) is 7. The lowest BCUT2D eigenvalue weighted by Gasteiger charge is -2.32. The van der Waals surface area contributed by atoms with Crippen molar-refractivity contribution in [3.63, 3.8) is 0 Å². The number of hydrogen-bond donors (Lipinski definition) is 2. The zero-order valence-electron chi connectivity index (χ0n) is 20.8. The zero-order chi connectivity index (χ0) is 23.5. The number of methoxy groups -OCH3 is 1. The van der Waals surface area contributed by atoms with Crippen LogP contribution in [-0.2, 0) is 17.7 Å². The van der Waals surface area contributed by atoms with Gasteiger partial charge in [0.25, 0.3) is 0 Å². The third-order valence-corrected chi connectivity index (χ3v) is 9.03. The Bertz CT molecular complexity index is 1090. The Balaban J connectivity index is 1.49. The van der Waals surface area contributed by atoms with Crippen LogP contribution < -0.4 is 11.1 Å². The number of aromatic nitrogens is 3. The van der Waals surface area contributed by atoms with E-state index in [9.17, 15) is 0 Å². The van der Waals surface area contributed by atoms with Crippen molar-refractivity contribution < 1.29 is 4.74 Å². The third kappa shape index (κ3) is 4.96. The molecule has 0 bridgehead atoms. The van der Waals surface area contributed by atoms with Gasteiger partial charge in [0.2, 0.25) is 0 Å². The van der Waals surface area contributed by atoms with Gasteiger partial charge in [-0.05, 0) is 76.2 Å². The molecule has 2 aliphatic heterocycles. The van der Waals surface area contributed by atoms with E-state index >= 15 is 0 Å². The van der Waals surface area contributed by atoms with Gasteiger partial charge in [0.15, 0.2) is 5.82 Å². The fraction of sp³-hybridized carbons (Fsp3) is 0.692. The number of unbranched alkanes of at least 4 members (excludes halogenated alkanes) is 1. The molecule has 0 saturated carbocycles. The van der Waals surface area contributed by atoms with Crippen LogP contribution in [0.5, 0.6) is 0 Å². The van der Waals surface area contributed by atoms with Gasteiger partial charge < -0.3 is 25.3 Å². The second kappa shape index (κ2) is 10.9. The zero-order valence-corrected chi connectivity index (χ0v) is 21.6.